The van der Waals surface area contributed by atoms with E-state index in [1.165, 1.54) is 6.07 Å². The van der Waals surface area contributed by atoms with Crippen LogP contribution in [0.25, 0.3) is 11.3 Å². The minimum absolute atomic E-state index is 0.0245. The number of nitrogens with two attached hydrogens (primary N) is 2. The number of phenolic OH excluding ortho intramolecular Hbond substituents is 1. The Kier molecular flexibility index (Phi) is 3.06. The molecule has 0 atom stereocenters. The van der Waals surface area contributed by atoms with Crippen LogP contribution in [0.15, 0.2) is 18.2 Å². The van der Waals surface area contributed by atoms with E-state index in [4.69, 9.17) is 16.7 Å². The number of rotatable bonds is 2. The summed E-state index contributed by atoms with van der Waals surface area (Å²) in [6.07, 6.45) is 0. The molecule has 0 saturated heterocycles. The lowest BCUT2D eigenvalue weighted by molar-refractivity contribution is -0.384. The van der Waals surface area contributed by atoms with Crippen molar-refractivity contribution >= 4 is 17.5 Å². The highest BCUT2D eigenvalue weighted by Gasteiger charge is 2.17. The molecule has 1 heterocycles. The third-order valence-electron chi connectivity index (χ3n) is 2.45. The lowest BCUT2D eigenvalue weighted by Crippen LogP contribution is -2.05. The molecule has 1 aromatic heterocycles. The van der Waals surface area contributed by atoms with Crippen molar-refractivity contribution in [3.05, 3.63) is 33.9 Å². The average molecular weight is 272 g/mol. The predicted molar refractivity (Wildman–Crippen MR) is 69.3 cm³/mol. The van der Waals surface area contributed by atoms with Gasteiger partial charge in [0.05, 0.1) is 16.7 Å². The summed E-state index contributed by atoms with van der Waals surface area (Å²) in [6, 6.07) is 5.15. The number of anilines is 2. The Morgan fingerprint density at radius 1 is 1.30 bits per heavy atom. The summed E-state index contributed by atoms with van der Waals surface area (Å²) in [6.45, 7) is 0. The Balaban J connectivity index is 2.75. The highest BCUT2D eigenvalue weighted by molar-refractivity contribution is 5.75. The first-order valence-electron chi connectivity index (χ1n) is 5.24. The lowest BCUT2D eigenvalue weighted by atomic mass is 10.1. The van der Waals surface area contributed by atoms with E-state index < -0.39 is 4.92 Å². The van der Waals surface area contributed by atoms with Gasteiger partial charge < -0.3 is 16.6 Å². The van der Waals surface area contributed by atoms with Crippen molar-refractivity contribution in [3.63, 3.8) is 0 Å². The summed E-state index contributed by atoms with van der Waals surface area (Å²) in [7, 11) is 0. The van der Waals surface area contributed by atoms with Crippen molar-refractivity contribution < 1.29 is 10.0 Å². The second kappa shape index (κ2) is 4.69. The number of nitrogen functional groups attached to an aromatic ring is 2. The van der Waals surface area contributed by atoms with Gasteiger partial charge in [0.1, 0.15) is 23.2 Å². The van der Waals surface area contributed by atoms with Gasteiger partial charge in [0.15, 0.2) is 0 Å². The minimum Gasteiger partial charge on any atom is -0.508 e. The van der Waals surface area contributed by atoms with Crippen LogP contribution in [0, 0.1) is 21.4 Å². The number of nitro groups is 1. The van der Waals surface area contributed by atoms with Crippen molar-refractivity contribution in [1.29, 1.82) is 5.26 Å². The fourth-order valence-corrected chi connectivity index (χ4v) is 1.65. The van der Waals surface area contributed by atoms with Crippen molar-refractivity contribution in [1.82, 2.24) is 9.97 Å². The summed E-state index contributed by atoms with van der Waals surface area (Å²) in [5, 5.41) is 29.3. The van der Waals surface area contributed by atoms with Crippen LogP contribution in [-0.4, -0.2) is 20.0 Å². The lowest BCUT2D eigenvalue weighted by Gasteiger charge is -2.07. The molecule has 0 fully saturated rings. The highest BCUT2D eigenvalue weighted by Crippen LogP contribution is 2.31. The van der Waals surface area contributed by atoms with Gasteiger partial charge in [-0.25, -0.2) is 4.98 Å². The normalized spacial score (nSPS) is 9.95. The van der Waals surface area contributed by atoms with Crippen LogP contribution >= 0.6 is 0 Å². The van der Waals surface area contributed by atoms with Crippen LogP contribution in [0.1, 0.15) is 5.56 Å². The quantitative estimate of drug-likeness (QED) is 0.533. The van der Waals surface area contributed by atoms with Crippen molar-refractivity contribution in [2.75, 3.05) is 11.5 Å². The second-order valence-corrected chi connectivity index (χ2v) is 3.80. The Hall–Kier alpha value is -3.41. The number of benzene rings is 1. The van der Waals surface area contributed by atoms with Gasteiger partial charge in [-0.1, -0.05) is 0 Å². The molecule has 0 aliphatic heterocycles. The largest absolute Gasteiger partial charge is 0.508 e. The predicted octanol–water partition coefficient (Wildman–Crippen LogP) is 0.793. The van der Waals surface area contributed by atoms with Gasteiger partial charge in [-0.05, 0) is 6.07 Å². The van der Waals surface area contributed by atoms with E-state index in [0.29, 0.717) is 0 Å². The smallest absolute Gasteiger partial charge is 0.273 e. The molecule has 5 N–H and O–H groups in total. The first-order chi connectivity index (χ1) is 9.42. The molecule has 0 aliphatic rings. The molecule has 9 nitrogen and oxygen atoms in total. The zero-order chi connectivity index (χ0) is 14.9. The molecule has 0 bridgehead atoms. The molecule has 2 aromatic rings. The average Bonchev–Trinajstić information content (AvgIpc) is 2.37. The number of aromatic nitrogens is 2. The molecule has 0 amide bonds. The number of nitriles is 1. The van der Waals surface area contributed by atoms with Crippen molar-refractivity contribution in [2.45, 2.75) is 0 Å². The fraction of sp³-hybridized carbons (Fsp3) is 0. The van der Waals surface area contributed by atoms with E-state index in [1.54, 1.807) is 6.07 Å². The molecule has 0 saturated carbocycles. The van der Waals surface area contributed by atoms with Gasteiger partial charge in [0.25, 0.3) is 5.69 Å². The number of non-ortho nitro benzene ring substituents is 1. The number of aromatic hydroxyl groups is 1. The monoisotopic (exact) mass is 272 g/mol. The fourth-order valence-electron chi connectivity index (χ4n) is 1.65. The topological polar surface area (TPSA) is 165 Å². The van der Waals surface area contributed by atoms with Crippen molar-refractivity contribution in [3.8, 4) is 23.1 Å². The van der Waals surface area contributed by atoms with E-state index in [-0.39, 0.29) is 40.0 Å². The molecule has 2 rings (SSSR count). The summed E-state index contributed by atoms with van der Waals surface area (Å²) in [5.74, 6) is -0.655. The van der Waals surface area contributed by atoms with E-state index in [1.807, 2.05) is 0 Å². The Bertz CT molecular complexity index is 753. The SMILES string of the molecule is N#Cc1c(N)nc(N)nc1-c1cc(O)cc([N+](=O)[O-])c1. The first kappa shape index (κ1) is 13.0. The number of phenols is 1. The zero-order valence-electron chi connectivity index (χ0n) is 9.94. The Morgan fingerprint density at radius 2 is 2.00 bits per heavy atom. The second-order valence-electron chi connectivity index (χ2n) is 3.80. The van der Waals surface area contributed by atoms with Gasteiger partial charge in [-0.2, -0.15) is 10.2 Å². The van der Waals surface area contributed by atoms with Gasteiger partial charge in [-0.15, -0.1) is 0 Å². The van der Waals surface area contributed by atoms with Crippen LogP contribution in [0.5, 0.6) is 5.75 Å². The molecule has 100 valence electrons. The zero-order valence-corrected chi connectivity index (χ0v) is 9.94. The van der Waals surface area contributed by atoms with E-state index in [2.05, 4.69) is 9.97 Å². The van der Waals surface area contributed by atoms with E-state index in [9.17, 15) is 15.2 Å². The molecular weight excluding hydrogens is 264 g/mol. The third kappa shape index (κ3) is 2.25. The van der Waals surface area contributed by atoms with Crippen LogP contribution in [0.3, 0.4) is 0 Å². The maximum absolute atomic E-state index is 10.8. The molecule has 0 radical (unpaired) electrons. The van der Waals surface area contributed by atoms with E-state index >= 15 is 0 Å². The maximum atomic E-state index is 10.8. The van der Waals surface area contributed by atoms with Gasteiger partial charge >= 0.3 is 0 Å². The van der Waals surface area contributed by atoms with Crippen molar-refractivity contribution in [2.24, 2.45) is 0 Å². The summed E-state index contributed by atoms with van der Waals surface area (Å²) in [5.41, 5.74) is 10.8. The van der Waals surface area contributed by atoms with Gasteiger partial charge in [0, 0.05) is 11.6 Å². The minimum atomic E-state index is -0.677. The van der Waals surface area contributed by atoms with Crippen LogP contribution in [-0.2, 0) is 0 Å². The molecular formula is C11H8N6O3. The van der Waals surface area contributed by atoms with Gasteiger partial charge in [-0.3, -0.25) is 10.1 Å². The Labute approximate surface area is 112 Å². The molecule has 20 heavy (non-hydrogen) atoms. The summed E-state index contributed by atoms with van der Waals surface area (Å²) >= 11 is 0. The van der Waals surface area contributed by atoms with Gasteiger partial charge in [0.2, 0.25) is 5.95 Å². The number of hydrogen-bond acceptors (Lipinski definition) is 8. The first-order valence-corrected chi connectivity index (χ1v) is 5.24. The molecule has 1 aromatic carbocycles. The summed E-state index contributed by atoms with van der Waals surface area (Å²) in [4.78, 5) is 17.6. The standard InChI is InChI=1S/C11H8N6O3/c12-4-8-9(15-11(14)16-10(8)13)5-1-6(17(19)20)3-7(18)2-5/h1-3,18H,(H4,13,14,15,16). The highest BCUT2D eigenvalue weighted by atomic mass is 16.6. The number of nitro benzene ring substituents is 1. The molecule has 0 unspecified atom stereocenters. The molecule has 9 heteroatoms. The summed E-state index contributed by atoms with van der Waals surface area (Å²) < 4.78 is 0. The van der Waals surface area contributed by atoms with Crippen LogP contribution in [0.2, 0.25) is 0 Å². The third-order valence-corrected chi connectivity index (χ3v) is 2.45. The number of hydrogen-bond donors (Lipinski definition) is 3. The van der Waals surface area contributed by atoms with Crippen LogP contribution < -0.4 is 11.5 Å². The molecule has 0 aliphatic carbocycles. The molecule has 0 spiro atoms. The Morgan fingerprint density at radius 3 is 2.60 bits per heavy atom. The van der Waals surface area contributed by atoms with E-state index in [0.717, 1.165) is 12.1 Å². The van der Waals surface area contributed by atoms with Crippen LogP contribution in [0.4, 0.5) is 17.5 Å². The maximum Gasteiger partial charge on any atom is 0.273 e. The number of nitrogens with zero attached hydrogens (tertiary/aromatic N) is 4.